The number of carbonyl (C=O) groups is 1. The lowest BCUT2D eigenvalue weighted by molar-refractivity contribution is 0.102. The molecule has 2 heterocycles. The maximum absolute atomic E-state index is 12.4. The topological polar surface area (TPSA) is 62.0 Å². The number of amides is 1. The van der Waals surface area contributed by atoms with Gasteiger partial charge in [0.05, 0.1) is 10.2 Å². The highest BCUT2D eigenvalue weighted by Gasteiger charge is 2.15. The summed E-state index contributed by atoms with van der Waals surface area (Å²) < 4.78 is 0.574. The van der Waals surface area contributed by atoms with E-state index in [1.165, 1.54) is 23.1 Å². The Bertz CT molecular complexity index is 938. The first-order chi connectivity index (χ1) is 11.5. The number of carbonyl (C=O) groups excluding carboxylic acids is 1. The maximum atomic E-state index is 12.4. The van der Waals surface area contributed by atoms with Crippen LogP contribution < -0.4 is 10.7 Å². The van der Waals surface area contributed by atoms with Crippen molar-refractivity contribution >= 4 is 33.1 Å². The van der Waals surface area contributed by atoms with E-state index in [1.807, 2.05) is 58.2 Å². The molecule has 126 valence electrons. The van der Waals surface area contributed by atoms with Gasteiger partial charge in [-0.15, -0.1) is 11.3 Å². The molecule has 0 spiro atoms. The molecule has 0 radical (unpaired) electrons. The van der Waals surface area contributed by atoms with Crippen molar-refractivity contribution in [2.45, 2.75) is 34.6 Å². The van der Waals surface area contributed by atoms with Gasteiger partial charge in [-0.3, -0.25) is 9.59 Å². The minimum atomic E-state index is -0.386. The SMILES string of the molecule is CC.Cc1cc(C)c(NC(=O)c2c[nH]c3ccsc3c2=O)cc1C. The van der Waals surface area contributed by atoms with Crippen molar-refractivity contribution in [1.29, 1.82) is 0 Å². The third-order valence-electron chi connectivity index (χ3n) is 3.82. The van der Waals surface area contributed by atoms with Crippen LogP contribution in [0.15, 0.2) is 34.6 Å². The molecule has 0 aliphatic heterocycles. The Morgan fingerprint density at radius 1 is 1.08 bits per heavy atom. The molecule has 24 heavy (non-hydrogen) atoms. The van der Waals surface area contributed by atoms with Gasteiger partial charge in [0.1, 0.15) is 5.56 Å². The molecule has 0 saturated heterocycles. The largest absolute Gasteiger partial charge is 0.359 e. The summed E-state index contributed by atoms with van der Waals surface area (Å²) in [5, 5.41) is 4.67. The van der Waals surface area contributed by atoms with E-state index in [0.29, 0.717) is 4.70 Å². The average molecular weight is 342 g/mol. The molecule has 5 heteroatoms. The Kier molecular flexibility index (Phi) is 5.57. The number of rotatable bonds is 2. The van der Waals surface area contributed by atoms with Crippen molar-refractivity contribution in [1.82, 2.24) is 4.98 Å². The minimum absolute atomic E-state index is 0.132. The quantitative estimate of drug-likeness (QED) is 0.703. The number of aromatic amines is 1. The summed E-state index contributed by atoms with van der Waals surface area (Å²) in [4.78, 5) is 27.8. The molecule has 2 N–H and O–H groups in total. The Morgan fingerprint density at radius 3 is 2.46 bits per heavy atom. The smallest absolute Gasteiger partial charge is 0.261 e. The molecule has 0 aliphatic rings. The summed E-state index contributed by atoms with van der Waals surface area (Å²) in [5.74, 6) is -0.386. The molecule has 0 bridgehead atoms. The molecule has 1 aromatic carbocycles. The maximum Gasteiger partial charge on any atom is 0.261 e. The number of aryl methyl sites for hydroxylation is 3. The van der Waals surface area contributed by atoms with Gasteiger partial charge < -0.3 is 10.3 Å². The number of pyridine rings is 1. The highest BCUT2D eigenvalue weighted by atomic mass is 32.1. The van der Waals surface area contributed by atoms with E-state index in [-0.39, 0.29) is 16.9 Å². The van der Waals surface area contributed by atoms with Gasteiger partial charge in [-0.25, -0.2) is 0 Å². The summed E-state index contributed by atoms with van der Waals surface area (Å²) in [6, 6.07) is 5.79. The fourth-order valence-electron chi connectivity index (χ4n) is 2.39. The molecule has 1 amide bonds. The number of hydrogen-bond donors (Lipinski definition) is 2. The van der Waals surface area contributed by atoms with Crippen LogP contribution in [-0.4, -0.2) is 10.9 Å². The third-order valence-corrected chi connectivity index (χ3v) is 4.73. The Labute approximate surface area is 145 Å². The number of aromatic nitrogens is 1. The third kappa shape index (κ3) is 3.41. The zero-order valence-electron chi connectivity index (χ0n) is 14.6. The van der Waals surface area contributed by atoms with Crippen LogP contribution in [0.4, 0.5) is 5.69 Å². The van der Waals surface area contributed by atoms with Gasteiger partial charge in [0.25, 0.3) is 5.91 Å². The molecule has 0 aliphatic carbocycles. The predicted octanol–water partition coefficient (Wildman–Crippen LogP) is 4.79. The first kappa shape index (κ1) is 17.9. The molecule has 0 fully saturated rings. The number of benzene rings is 1. The van der Waals surface area contributed by atoms with E-state index < -0.39 is 0 Å². The van der Waals surface area contributed by atoms with Crippen molar-refractivity contribution in [3.8, 4) is 0 Å². The second-order valence-electron chi connectivity index (χ2n) is 5.40. The molecule has 3 rings (SSSR count). The Hall–Kier alpha value is -2.40. The lowest BCUT2D eigenvalue weighted by atomic mass is 10.0. The first-order valence-electron chi connectivity index (χ1n) is 7.95. The molecule has 4 nitrogen and oxygen atoms in total. The fourth-order valence-corrected chi connectivity index (χ4v) is 3.20. The first-order valence-corrected chi connectivity index (χ1v) is 8.83. The van der Waals surface area contributed by atoms with Crippen molar-refractivity contribution in [3.05, 3.63) is 62.3 Å². The highest BCUT2D eigenvalue weighted by Crippen LogP contribution is 2.21. The number of H-pyrrole nitrogens is 1. The fraction of sp³-hybridized carbons (Fsp3) is 0.263. The molecule has 3 aromatic rings. The van der Waals surface area contributed by atoms with Crippen molar-refractivity contribution in [2.75, 3.05) is 5.32 Å². The van der Waals surface area contributed by atoms with Crippen molar-refractivity contribution in [3.63, 3.8) is 0 Å². The standard InChI is InChI=1S/C17H16N2O2S.C2H6/c1-9-6-11(3)14(7-10(9)2)19-17(21)12-8-18-13-4-5-22-16(13)15(12)20;1-2/h4-8H,1-3H3,(H,18,20)(H,19,21);1-2H3. The van der Waals surface area contributed by atoms with E-state index >= 15 is 0 Å². The van der Waals surface area contributed by atoms with Gasteiger partial charge in [-0.2, -0.15) is 0 Å². The van der Waals surface area contributed by atoms with Crippen LogP contribution in [0.5, 0.6) is 0 Å². The van der Waals surface area contributed by atoms with E-state index in [4.69, 9.17) is 0 Å². The summed E-state index contributed by atoms with van der Waals surface area (Å²) in [6.07, 6.45) is 1.48. The zero-order chi connectivity index (χ0) is 17.9. The van der Waals surface area contributed by atoms with E-state index in [0.717, 1.165) is 22.3 Å². The van der Waals surface area contributed by atoms with E-state index in [2.05, 4.69) is 10.3 Å². The zero-order valence-corrected chi connectivity index (χ0v) is 15.4. The molecule has 2 aromatic heterocycles. The Morgan fingerprint density at radius 2 is 1.75 bits per heavy atom. The number of thiophene rings is 1. The number of anilines is 1. The molecule has 0 saturated carbocycles. The van der Waals surface area contributed by atoms with E-state index in [1.54, 1.807) is 0 Å². The van der Waals surface area contributed by atoms with Gasteiger partial charge in [0.15, 0.2) is 0 Å². The van der Waals surface area contributed by atoms with Crippen molar-refractivity contribution < 1.29 is 4.79 Å². The second-order valence-corrected chi connectivity index (χ2v) is 6.32. The number of hydrogen-bond acceptors (Lipinski definition) is 3. The van der Waals surface area contributed by atoms with Crippen molar-refractivity contribution in [2.24, 2.45) is 0 Å². The molecular weight excluding hydrogens is 320 g/mol. The lowest BCUT2D eigenvalue weighted by Gasteiger charge is -2.11. The molecular formula is C19H22N2O2S. The number of nitrogens with one attached hydrogen (secondary N) is 2. The van der Waals surface area contributed by atoms with Crippen LogP contribution in [0.25, 0.3) is 10.2 Å². The summed E-state index contributed by atoms with van der Waals surface area (Å²) in [7, 11) is 0. The number of fused-ring (bicyclic) bond motifs is 1. The minimum Gasteiger partial charge on any atom is -0.359 e. The van der Waals surface area contributed by atoms with E-state index in [9.17, 15) is 9.59 Å². The summed E-state index contributed by atoms with van der Waals surface area (Å²) in [6.45, 7) is 9.97. The normalized spacial score (nSPS) is 10.2. The van der Waals surface area contributed by atoms with Crippen LogP contribution in [0.1, 0.15) is 40.9 Å². The molecule has 0 atom stereocenters. The van der Waals surface area contributed by atoms with Gasteiger partial charge in [0, 0.05) is 11.9 Å². The predicted molar refractivity (Wildman–Crippen MR) is 102 cm³/mol. The van der Waals surface area contributed by atoms with Gasteiger partial charge in [-0.05, 0) is 55.0 Å². The van der Waals surface area contributed by atoms with Crippen LogP contribution in [0.2, 0.25) is 0 Å². The van der Waals surface area contributed by atoms with Gasteiger partial charge in [0.2, 0.25) is 5.43 Å². The summed E-state index contributed by atoms with van der Waals surface area (Å²) in [5.41, 5.74) is 4.64. The summed E-state index contributed by atoms with van der Waals surface area (Å²) >= 11 is 1.34. The average Bonchev–Trinajstić information content (AvgIpc) is 3.04. The molecule has 0 unspecified atom stereocenters. The second kappa shape index (κ2) is 7.45. The monoisotopic (exact) mass is 342 g/mol. The van der Waals surface area contributed by atoms with Gasteiger partial charge in [-0.1, -0.05) is 19.9 Å². The highest BCUT2D eigenvalue weighted by molar-refractivity contribution is 7.17. The van der Waals surface area contributed by atoms with Crippen LogP contribution >= 0.6 is 11.3 Å². The van der Waals surface area contributed by atoms with Gasteiger partial charge >= 0.3 is 0 Å². The van der Waals surface area contributed by atoms with Crippen LogP contribution in [0, 0.1) is 20.8 Å². The Balaban J connectivity index is 0.00000100. The van der Waals surface area contributed by atoms with Crippen LogP contribution in [-0.2, 0) is 0 Å². The lowest BCUT2D eigenvalue weighted by Crippen LogP contribution is -2.21. The van der Waals surface area contributed by atoms with Crippen LogP contribution in [0.3, 0.4) is 0 Å².